The van der Waals surface area contributed by atoms with E-state index in [2.05, 4.69) is 10.3 Å². The SMILES string of the molecule is COc1cc(Cl)c(C)cc1NC(=O)[C@@H](C)OC(=O)/C=C\c1cccc2cccnc12. The molecule has 0 saturated carbocycles. The quantitative estimate of drug-likeness (QED) is 0.454. The minimum atomic E-state index is -1.01. The van der Waals surface area contributed by atoms with Crippen molar-refractivity contribution in [1.29, 1.82) is 0 Å². The number of benzene rings is 2. The molecule has 3 rings (SSSR count). The van der Waals surface area contributed by atoms with Crippen molar-refractivity contribution >= 4 is 46.1 Å². The molecule has 154 valence electrons. The number of fused-ring (bicyclic) bond motifs is 1. The van der Waals surface area contributed by atoms with Crippen LogP contribution in [-0.4, -0.2) is 30.1 Å². The maximum absolute atomic E-state index is 12.5. The third kappa shape index (κ3) is 4.96. The molecule has 3 aromatic rings. The van der Waals surface area contributed by atoms with Crippen LogP contribution in [0, 0.1) is 6.92 Å². The Hall–Kier alpha value is -3.38. The van der Waals surface area contributed by atoms with Crippen molar-refractivity contribution < 1.29 is 19.1 Å². The van der Waals surface area contributed by atoms with Crippen LogP contribution in [0.1, 0.15) is 18.1 Å². The molecule has 1 aromatic heterocycles. The number of para-hydroxylation sites is 1. The Kier molecular flexibility index (Phi) is 6.69. The van der Waals surface area contributed by atoms with Gasteiger partial charge in [-0.2, -0.15) is 0 Å². The summed E-state index contributed by atoms with van der Waals surface area (Å²) in [7, 11) is 1.48. The summed E-state index contributed by atoms with van der Waals surface area (Å²) in [5.41, 5.74) is 2.79. The molecule has 0 radical (unpaired) electrons. The number of carbonyl (C=O) groups is 2. The molecule has 1 atom stereocenters. The number of nitrogens with one attached hydrogen (secondary N) is 1. The molecule has 0 saturated heterocycles. The van der Waals surface area contributed by atoms with Gasteiger partial charge in [-0.1, -0.05) is 35.9 Å². The second kappa shape index (κ2) is 9.41. The van der Waals surface area contributed by atoms with Gasteiger partial charge < -0.3 is 14.8 Å². The highest BCUT2D eigenvalue weighted by molar-refractivity contribution is 6.31. The number of hydrogen-bond donors (Lipinski definition) is 1. The fourth-order valence-electron chi connectivity index (χ4n) is 2.85. The molecule has 2 aromatic carbocycles. The van der Waals surface area contributed by atoms with Crippen molar-refractivity contribution in [3.05, 3.63) is 70.9 Å². The van der Waals surface area contributed by atoms with E-state index in [9.17, 15) is 9.59 Å². The molecule has 1 N–H and O–H groups in total. The summed E-state index contributed by atoms with van der Waals surface area (Å²) >= 11 is 6.08. The van der Waals surface area contributed by atoms with Gasteiger partial charge in [-0.15, -0.1) is 0 Å². The van der Waals surface area contributed by atoms with Crippen molar-refractivity contribution in [1.82, 2.24) is 4.98 Å². The number of halogens is 1. The topological polar surface area (TPSA) is 77.5 Å². The first-order chi connectivity index (χ1) is 14.4. The zero-order valence-corrected chi connectivity index (χ0v) is 17.6. The molecule has 30 heavy (non-hydrogen) atoms. The van der Waals surface area contributed by atoms with E-state index in [1.165, 1.54) is 20.1 Å². The average molecular weight is 425 g/mol. The number of rotatable bonds is 6. The lowest BCUT2D eigenvalue weighted by Gasteiger charge is -2.15. The third-order valence-corrected chi connectivity index (χ3v) is 4.87. The van der Waals surface area contributed by atoms with Gasteiger partial charge in [-0.25, -0.2) is 4.79 Å². The first kappa shape index (κ1) is 21.3. The number of anilines is 1. The molecule has 1 amide bonds. The Bertz CT molecular complexity index is 1120. The number of methoxy groups -OCH3 is 1. The zero-order valence-electron chi connectivity index (χ0n) is 16.8. The zero-order chi connectivity index (χ0) is 21.7. The van der Waals surface area contributed by atoms with Gasteiger partial charge in [0.1, 0.15) is 5.75 Å². The van der Waals surface area contributed by atoms with Gasteiger partial charge in [0.15, 0.2) is 6.10 Å². The fourth-order valence-corrected chi connectivity index (χ4v) is 3.01. The number of aryl methyl sites for hydroxylation is 1. The molecular formula is C23H21ClN2O4. The van der Waals surface area contributed by atoms with Crippen LogP contribution in [0.2, 0.25) is 5.02 Å². The normalized spacial score (nSPS) is 12.0. The number of esters is 1. The monoisotopic (exact) mass is 424 g/mol. The maximum Gasteiger partial charge on any atom is 0.331 e. The molecular weight excluding hydrogens is 404 g/mol. The van der Waals surface area contributed by atoms with Crippen molar-refractivity contribution in [2.24, 2.45) is 0 Å². The Morgan fingerprint density at radius 2 is 1.97 bits per heavy atom. The highest BCUT2D eigenvalue weighted by Crippen LogP contribution is 2.31. The van der Waals surface area contributed by atoms with Gasteiger partial charge in [0, 0.05) is 34.3 Å². The van der Waals surface area contributed by atoms with E-state index in [0.29, 0.717) is 16.5 Å². The third-order valence-electron chi connectivity index (χ3n) is 4.46. The van der Waals surface area contributed by atoms with E-state index in [4.69, 9.17) is 21.1 Å². The summed E-state index contributed by atoms with van der Waals surface area (Å²) in [6, 6.07) is 12.8. The van der Waals surface area contributed by atoms with E-state index < -0.39 is 18.0 Å². The molecule has 0 aliphatic rings. The summed E-state index contributed by atoms with van der Waals surface area (Å²) < 4.78 is 10.5. The molecule has 0 aliphatic carbocycles. The van der Waals surface area contributed by atoms with Gasteiger partial charge >= 0.3 is 5.97 Å². The van der Waals surface area contributed by atoms with Crippen molar-refractivity contribution in [3.8, 4) is 5.75 Å². The molecule has 0 aliphatic heterocycles. The predicted octanol–water partition coefficient (Wildman–Crippen LogP) is 4.79. The molecule has 0 spiro atoms. The Balaban J connectivity index is 1.66. The summed E-state index contributed by atoms with van der Waals surface area (Å²) in [5, 5.41) is 4.19. The van der Waals surface area contributed by atoms with Crippen LogP contribution >= 0.6 is 11.6 Å². The van der Waals surface area contributed by atoms with E-state index in [0.717, 1.165) is 22.0 Å². The van der Waals surface area contributed by atoms with Gasteiger partial charge in [-0.3, -0.25) is 9.78 Å². The molecule has 0 unspecified atom stereocenters. The minimum Gasteiger partial charge on any atom is -0.495 e. The van der Waals surface area contributed by atoms with Crippen molar-refractivity contribution in [3.63, 3.8) is 0 Å². The predicted molar refractivity (Wildman–Crippen MR) is 118 cm³/mol. The van der Waals surface area contributed by atoms with Crippen molar-refractivity contribution in [2.75, 3.05) is 12.4 Å². The van der Waals surface area contributed by atoms with Crippen LogP contribution < -0.4 is 10.1 Å². The van der Waals surface area contributed by atoms with Gasteiger partial charge in [-0.05, 0) is 37.6 Å². The van der Waals surface area contributed by atoms with Crippen molar-refractivity contribution in [2.45, 2.75) is 20.0 Å². The van der Waals surface area contributed by atoms with Crippen LogP contribution in [0.4, 0.5) is 5.69 Å². The first-order valence-corrected chi connectivity index (χ1v) is 9.64. The highest BCUT2D eigenvalue weighted by atomic mass is 35.5. The van der Waals surface area contributed by atoms with E-state index in [1.54, 1.807) is 24.4 Å². The second-order valence-electron chi connectivity index (χ2n) is 6.63. The fraction of sp³-hybridized carbons (Fsp3) is 0.174. The second-order valence-corrected chi connectivity index (χ2v) is 7.03. The molecule has 7 heteroatoms. The first-order valence-electron chi connectivity index (χ1n) is 9.26. The summed E-state index contributed by atoms with van der Waals surface area (Å²) in [6.07, 6.45) is 3.58. The summed E-state index contributed by atoms with van der Waals surface area (Å²) in [4.78, 5) is 29.0. The lowest BCUT2D eigenvalue weighted by atomic mass is 10.1. The van der Waals surface area contributed by atoms with E-state index in [1.807, 2.05) is 37.3 Å². The lowest BCUT2D eigenvalue weighted by molar-refractivity contribution is -0.148. The van der Waals surface area contributed by atoms with Crippen LogP contribution in [0.3, 0.4) is 0 Å². The summed E-state index contributed by atoms with van der Waals surface area (Å²) in [6.45, 7) is 3.31. The van der Waals surface area contributed by atoms with E-state index in [-0.39, 0.29) is 0 Å². The van der Waals surface area contributed by atoms with E-state index >= 15 is 0 Å². The largest absolute Gasteiger partial charge is 0.495 e. The van der Waals surface area contributed by atoms with Crippen LogP contribution in [0.5, 0.6) is 5.75 Å². The van der Waals surface area contributed by atoms with Gasteiger partial charge in [0.25, 0.3) is 5.91 Å². The molecule has 0 bridgehead atoms. The van der Waals surface area contributed by atoms with Crippen LogP contribution in [-0.2, 0) is 14.3 Å². The Labute approximate surface area is 179 Å². The molecule has 0 fully saturated rings. The van der Waals surface area contributed by atoms with Crippen LogP contribution in [0.15, 0.2) is 54.7 Å². The number of ether oxygens (including phenoxy) is 2. The number of carbonyl (C=O) groups excluding carboxylic acids is 2. The number of nitrogens with zero attached hydrogens (tertiary/aromatic N) is 1. The number of aromatic nitrogens is 1. The van der Waals surface area contributed by atoms with Gasteiger partial charge in [0.05, 0.1) is 18.3 Å². The Morgan fingerprint density at radius 3 is 2.73 bits per heavy atom. The molecule has 6 nitrogen and oxygen atoms in total. The minimum absolute atomic E-state index is 0.417. The van der Waals surface area contributed by atoms with Crippen LogP contribution in [0.25, 0.3) is 17.0 Å². The lowest BCUT2D eigenvalue weighted by Crippen LogP contribution is -2.29. The Morgan fingerprint density at radius 1 is 1.20 bits per heavy atom. The number of hydrogen-bond acceptors (Lipinski definition) is 5. The number of pyridine rings is 1. The standard InChI is InChI=1S/C23H21ClN2O4/c1-14-12-19(20(29-3)13-18(14)24)26-23(28)15(2)30-21(27)10-9-17-7-4-6-16-8-5-11-25-22(16)17/h4-13,15H,1-3H3,(H,26,28)/b10-9-/t15-/m1/s1. The number of amides is 1. The summed E-state index contributed by atoms with van der Waals surface area (Å²) in [5.74, 6) is -0.700. The smallest absolute Gasteiger partial charge is 0.331 e. The maximum atomic E-state index is 12.5. The average Bonchev–Trinajstić information content (AvgIpc) is 2.74. The van der Waals surface area contributed by atoms with Gasteiger partial charge in [0.2, 0.25) is 0 Å². The highest BCUT2D eigenvalue weighted by Gasteiger charge is 2.19. The molecule has 1 heterocycles.